The standard InChI is InChI=1S/C27H25Cl2N3O5/c1-16(2)25(31-26(33)18-6-10-23-24(11-18)37-15-36-23)27(34)32-30-13-17-3-8-21(9-4-17)35-14-19-5-7-20(28)12-22(19)29/h3-13,16,25H,14-15H2,1-2H3,(H,31,33)(H,32,34). The van der Waals surface area contributed by atoms with Gasteiger partial charge in [-0.1, -0.05) is 43.1 Å². The maximum Gasteiger partial charge on any atom is 0.262 e. The molecule has 1 atom stereocenters. The average molecular weight is 542 g/mol. The second-order valence-corrected chi connectivity index (χ2v) is 9.43. The van der Waals surface area contributed by atoms with E-state index in [1.54, 1.807) is 54.6 Å². The van der Waals surface area contributed by atoms with Crippen molar-refractivity contribution in [2.24, 2.45) is 11.0 Å². The number of hydrogen-bond donors (Lipinski definition) is 2. The fourth-order valence-electron chi connectivity index (χ4n) is 3.49. The molecule has 8 nitrogen and oxygen atoms in total. The fourth-order valence-corrected chi connectivity index (χ4v) is 3.95. The minimum absolute atomic E-state index is 0.115. The summed E-state index contributed by atoms with van der Waals surface area (Å²) in [5, 5.41) is 7.90. The Bertz CT molecular complexity index is 1310. The van der Waals surface area contributed by atoms with Gasteiger partial charge in [0.15, 0.2) is 11.5 Å². The molecular weight excluding hydrogens is 517 g/mol. The first kappa shape index (κ1) is 26.3. The van der Waals surface area contributed by atoms with Gasteiger partial charge in [0.1, 0.15) is 18.4 Å². The van der Waals surface area contributed by atoms with Crippen LogP contribution >= 0.6 is 23.2 Å². The Morgan fingerprint density at radius 1 is 1.03 bits per heavy atom. The average Bonchev–Trinajstić information content (AvgIpc) is 3.35. The summed E-state index contributed by atoms with van der Waals surface area (Å²) < 4.78 is 16.4. The molecule has 1 unspecified atom stereocenters. The predicted octanol–water partition coefficient (Wildman–Crippen LogP) is 5.21. The fraction of sp³-hybridized carbons (Fsp3) is 0.222. The van der Waals surface area contributed by atoms with Crippen molar-refractivity contribution in [3.8, 4) is 17.2 Å². The van der Waals surface area contributed by atoms with E-state index in [0.717, 1.165) is 11.1 Å². The van der Waals surface area contributed by atoms with Crippen LogP contribution < -0.4 is 25.0 Å². The summed E-state index contributed by atoms with van der Waals surface area (Å²) >= 11 is 12.1. The Hall–Kier alpha value is -3.75. The van der Waals surface area contributed by atoms with Crippen LogP contribution in [0.4, 0.5) is 0 Å². The zero-order valence-electron chi connectivity index (χ0n) is 20.2. The van der Waals surface area contributed by atoms with E-state index in [1.807, 2.05) is 19.9 Å². The first-order valence-electron chi connectivity index (χ1n) is 11.5. The molecule has 0 radical (unpaired) electrons. The molecule has 192 valence electrons. The summed E-state index contributed by atoms with van der Waals surface area (Å²) in [5.74, 6) is 0.728. The minimum Gasteiger partial charge on any atom is -0.489 e. The molecule has 37 heavy (non-hydrogen) atoms. The summed E-state index contributed by atoms with van der Waals surface area (Å²) in [4.78, 5) is 25.4. The van der Waals surface area contributed by atoms with Crippen molar-refractivity contribution in [2.75, 3.05) is 6.79 Å². The minimum atomic E-state index is -0.787. The topological polar surface area (TPSA) is 98.2 Å². The molecule has 0 saturated heterocycles. The summed E-state index contributed by atoms with van der Waals surface area (Å²) in [7, 11) is 0. The highest BCUT2D eigenvalue weighted by molar-refractivity contribution is 6.35. The van der Waals surface area contributed by atoms with E-state index in [-0.39, 0.29) is 12.7 Å². The Kier molecular flexibility index (Phi) is 8.53. The number of fused-ring (bicyclic) bond motifs is 1. The van der Waals surface area contributed by atoms with Crippen molar-refractivity contribution in [1.29, 1.82) is 0 Å². The number of carbonyl (C=O) groups excluding carboxylic acids is 2. The summed E-state index contributed by atoms with van der Waals surface area (Å²) in [6, 6.07) is 16.5. The normalized spacial score (nSPS) is 13.0. The molecule has 2 N–H and O–H groups in total. The van der Waals surface area contributed by atoms with Crippen LogP contribution in [0.15, 0.2) is 65.8 Å². The van der Waals surface area contributed by atoms with Crippen LogP contribution in [0.1, 0.15) is 35.3 Å². The first-order chi connectivity index (χ1) is 17.8. The van der Waals surface area contributed by atoms with Gasteiger partial charge in [-0.05, 0) is 66.1 Å². The molecule has 3 aromatic rings. The van der Waals surface area contributed by atoms with Crippen LogP contribution in [0.25, 0.3) is 0 Å². The molecule has 0 bridgehead atoms. The van der Waals surface area contributed by atoms with Gasteiger partial charge in [-0.25, -0.2) is 5.43 Å². The molecule has 0 aromatic heterocycles. The molecule has 1 aliphatic rings. The lowest BCUT2D eigenvalue weighted by atomic mass is 10.0. The maximum atomic E-state index is 12.7. The molecule has 10 heteroatoms. The number of nitrogens with one attached hydrogen (secondary N) is 2. The molecule has 0 aliphatic carbocycles. The summed E-state index contributed by atoms with van der Waals surface area (Å²) in [6.07, 6.45) is 1.51. The van der Waals surface area contributed by atoms with Gasteiger partial charge >= 0.3 is 0 Å². The zero-order chi connectivity index (χ0) is 26.4. The molecule has 3 aromatic carbocycles. The number of amides is 2. The molecule has 0 fully saturated rings. The quantitative estimate of drug-likeness (QED) is 0.286. The van der Waals surface area contributed by atoms with E-state index in [2.05, 4.69) is 15.8 Å². The van der Waals surface area contributed by atoms with Crippen molar-refractivity contribution in [3.63, 3.8) is 0 Å². The van der Waals surface area contributed by atoms with Gasteiger partial charge in [0.2, 0.25) is 6.79 Å². The lowest BCUT2D eigenvalue weighted by Gasteiger charge is -2.20. The van der Waals surface area contributed by atoms with E-state index in [1.165, 1.54) is 6.21 Å². The first-order valence-corrected chi connectivity index (χ1v) is 12.3. The third kappa shape index (κ3) is 6.93. The lowest BCUT2D eigenvalue weighted by molar-refractivity contribution is -0.123. The Morgan fingerprint density at radius 2 is 1.78 bits per heavy atom. The lowest BCUT2D eigenvalue weighted by Crippen LogP contribution is -2.48. The molecule has 1 aliphatic heterocycles. The van der Waals surface area contributed by atoms with Crippen LogP contribution in [-0.4, -0.2) is 30.9 Å². The molecule has 2 amide bonds. The van der Waals surface area contributed by atoms with E-state index >= 15 is 0 Å². The number of benzene rings is 3. The van der Waals surface area contributed by atoms with Gasteiger partial charge < -0.3 is 19.5 Å². The van der Waals surface area contributed by atoms with Crippen LogP contribution in [0.3, 0.4) is 0 Å². The molecular formula is C27H25Cl2N3O5. The highest BCUT2D eigenvalue weighted by Crippen LogP contribution is 2.32. The highest BCUT2D eigenvalue weighted by atomic mass is 35.5. The number of ether oxygens (including phenoxy) is 3. The molecule has 0 spiro atoms. The maximum absolute atomic E-state index is 12.7. The zero-order valence-corrected chi connectivity index (χ0v) is 21.7. The van der Waals surface area contributed by atoms with E-state index in [0.29, 0.717) is 39.5 Å². The number of halogens is 2. The van der Waals surface area contributed by atoms with Crippen LogP contribution in [0, 0.1) is 5.92 Å². The van der Waals surface area contributed by atoms with Crippen molar-refractivity contribution < 1.29 is 23.8 Å². The predicted molar refractivity (Wildman–Crippen MR) is 142 cm³/mol. The van der Waals surface area contributed by atoms with Crippen molar-refractivity contribution in [1.82, 2.24) is 10.7 Å². The van der Waals surface area contributed by atoms with E-state index in [9.17, 15) is 9.59 Å². The smallest absolute Gasteiger partial charge is 0.262 e. The SMILES string of the molecule is CC(C)C(NC(=O)c1ccc2c(c1)OCO2)C(=O)NN=Cc1ccc(OCc2ccc(Cl)cc2Cl)cc1. The second kappa shape index (κ2) is 12.0. The number of hydrogen-bond acceptors (Lipinski definition) is 6. The molecule has 4 rings (SSSR count). The van der Waals surface area contributed by atoms with E-state index < -0.39 is 17.9 Å². The number of rotatable bonds is 9. The van der Waals surface area contributed by atoms with Gasteiger partial charge in [0.25, 0.3) is 11.8 Å². The van der Waals surface area contributed by atoms with E-state index in [4.69, 9.17) is 37.4 Å². The van der Waals surface area contributed by atoms with Crippen LogP contribution in [0.2, 0.25) is 10.0 Å². The second-order valence-electron chi connectivity index (χ2n) is 8.59. The highest BCUT2D eigenvalue weighted by Gasteiger charge is 2.25. The summed E-state index contributed by atoms with van der Waals surface area (Å²) in [5.41, 5.74) is 4.44. The molecule has 1 heterocycles. The Labute approximate surface area is 224 Å². The van der Waals surface area contributed by atoms with Crippen molar-refractivity contribution in [3.05, 3.63) is 87.4 Å². The van der Waals surface area contributed by atoms with Gasteiger partial charge in [0.05, 0.1) is 6.21 Å². The number of hydrazone groups is 1. The van der Waals surface area contributed by atoms with Gasteiger partial charge in [-0.15, -0.1) is 0 Å². The van der Waals surface area contributed by atoms with Crippen LogP contribution in [0.5, 0.6) is 17.2 Å². The van der Waals surface area contributed by atoms with Gasteiger partial charge in [-0.3, -0.25) is 9.59 Å². The van der Waals surface area contributed by atoms with Gasteiger partial charge in [0, 0.05) is 21.2 Å². The Balaban J connectivity index is 1.30. The third-order valence-corrected chi connectivity index (χ3v) is 6.14. The third-order valence-electron chi connectivity index (χ3n) is 5.55. The van der Waals surface area contributed by atoms with Crippen LogP contribution in [-0.2, 0) is 11.4 Å². The molecule has 0 saturated carbocycles. The largest absolute Gasteiger partial charge is 0.489 e. The number of nitrogens with zero attached hydrogens (tertiary/aromatic N) is 1. The van der Waals surface area contributed by atoms with Crippen molar-refractivity contribution in [2.45, 2.75) is 26.5 Å². The number of carbonyl (C=O) groups is 2. The summed E-state index contributed by atoms with van der Waals surface area (Å²) in [6.45, 7) is 4.09. The van der Waals surface area contributed by atoms with Gasteiger partial charge in [-0.2, -0.15) is 5.10 Å². The Morgan fingerprint density at radius 3 is 2.51 bits per heavy atom. The monoisotopic (exact) mass is 541 g/mol. The van der Waals surface area contributed by atoms with Crippen molar-refractivity contribution >= 4 is 41.2 Å².